The first kappa shape index (κ1) is 22.2. The SMILES string of the molecule is Cc1nc(CN2CCC(C(=O)NCCN3CCN(c4ccc(F)cc4)CC3)CC2)cs1. The Morgan fingerprint density at radius 2 is 1.81 bits per heavy atom. The molecule has 31 heavy (non-hydrogen) atoms. The Bertz CT molecular complexity index is 842. The van der Waals surface area contributed by atoms with Crippen molar-refractivity contribution in [1.82, 2.24) is 20.1 Å². The Hall–Kier alpha value is -2.03. The number of halogens is 1. The number of carbonyl (C=O) groups is 1. The van der Waals surface area contributed by atoms with Crippen molar-refractivity contribution in [3.63, 3.8) is 0 Å². The number of piperidine rings is 1. The fourth-order valence-electron chi connectivity index (χ4n) is 4.43. The number of thiazole rings is 1. The van der Waals surface area contributed by atoms with E-state index < -0.39 is 0 Å². The molecule has 0 spiro atoms. The van der Waals surface area contributed by atoms with Crippen molar-refractivity contribution in [2.45, 2.75) is 26.3 Å². The normalized spacial score (nSPS) is 19.0. The standard InChI is InChI=1S/C23H32FN5OS/c1-18-26-21(17-31-18)16-28-9-6-19(7-10-28)23(30)25-8-11-27-12-14-29(15-13-27)22-4-2-20(24)3-5-22/h2-5,17,19H,6-16H2,1H3,(H,25,30). The maximum atomic E-state index is 13.1. The highest BCUT2D eigenvalue weighted by Crippen LogP contribution is 2.20. The molecule has 8 heteroatoms. The Morgan fingerprint density at radius 3 is 2.45 bits per heavy atom. The van der Waals surface area contributed by atoms with E-state index in [2.05, 4.69) is 30.4 Å². The Kier molecular flexibility index (Phi) is 7.53. The van der Waals surface area contributed by atoms with Gasteiger partial charge < -0.3 is 10.2 Å². The minimum atomic E-state index is -0.196. The highest BCUT2D eigenvalue weighted by molar-refractivity contribution is 7.09. The number of hydrogen-bond donors (Lipinski definition) is 1. The number of nitrogens with zero attached hydrogens (tertiary/aromatic N) is 4. The number of aryl methyl sites for hydroxylation is 1. The molecule has 2 fully saturated rings. The van der Waals surface area contributed by atoms with Crippen LogP contribution in [0.4, 0.5) is 10.1 Å². The third-order valence-electron chi connectivity index (χ3n) is 6.30. The molecule has 2 aromatic rings. The van der Waals surface area contributed by atoms with Gasteiger partial charge in [-0.1, -0.05) is 0 Å². The molecule has 1 aromatic heterocycles. The lowest BCUT2D eigenvalue weighted by Gasteiger charge is -2.36. The van der Waals surface area contributed by atoms with Crippen LogP contribution in [0.5, 0.6) is 0 Å². The molecule has 0 bridgehead atoms. The molecule has 0 atom stereocenters. The van der Waals surface area contributed by atoms with Gasteiger partial charge in [0.25, 0.3) is 0 Å². The molecule has 1 aromatic carbocycles. The molecule has 0 unspecified atom stereocenters. The van der Waals surface area contributed by atoms with Crippen LogP contribution in [0.25, 0.3) is 0 Å². The highest BCUT2D eigenvalue weighted by Gasteiger charge is 2.25. The van der Waals surface area contributed by atoms with E-state index in [4.69, 9.17) is 0 Å². The van der Waals surface area contributed by atoms with Gasteiger partial charge in [-0.25, -0.2) is 9.37 Å². The zero-order valence-electron chi connectivity index (χ0n) is 18.2. The summed E-state index contributed by atoms with van der Waals surface area (Å²) in [6, 6.07) is 6.71. The number of nitrogens with one attached hydrogen (secondary N) is 1. The fourth-order valence-corrected chi connectivity index (χ4v) is 5.03. The molecule has 168 valence electrons. The van der Waals surface area contributed by atoms with Crippen LogP contribution in [0.15, 0.2) is 29.6 Å². The molecule has 2 aliphatic rings. The summed E-state index contributed by atoms with van der Waals surface area (Å²) in [6.45, 7) is 10.2. The molecule has 6 nitrogen and oxygen atoms in total. The van der Waals surface area contributed by atoms with E-state index in [9.17, 15) is 9.18 Å². The molecule has 2 aliphatic heterocycles. The van der Waals surface area contributed by atoms with Gasteiger partial charge in [-0.05, 0) is 57.1 Å². The summed E-state index contributed by atoms with van der Waals surface area (Å²) in [5, 5.41) is 6.40. The maximum absolute atomic E-state index is 13.1. The van der Waals surface area contributed by atoms with E-state index in [1.807, 2.05) is 19.1 Å². The minimum Gasteiger partial charge on any atom is -0.369 e. The van der Waals surface area contributed by atoms with E-state index in [0.717, 1.165) is 81.6 Å². The van der Waals surface area contributed by atoms with Gasteiger partial charge in [0.1, 0.15) is 5.82 Å². The second kappa shape index (κ2) is 10.5. The van der Waals surface area contributed by atoms with Crippen molar-refractivity contribution >= 4 is 22.9 Å². The number of likely N-dealkylation sites (tertiary alicyclic amines) is 1. The van der Waals surface area contributed by atoms with Crippen molar-refractivity contribution in [2.75, 3.05) is 57.3 Å². The van der Waals surface area contributed by atoms with Gasteiger partial charge in [0.05, 0.1) is 10.7 Å². The third-order valence-corrected chi connectivity index (χ3v) is 7.12. The summed E-state index contributed by atoms with van der Waals surface area (Å²) in [5.41, 5.74) is 2.22. The van der Waals surface area contributed by atoms with Crippen LogP contribution in [0.1, 0.15) is 23.5 Å². The maximum Gasteiger partial charge on any atom is 0.223 e. The van der Waals surface area contributed by atoms with Gasteiger partial charge in [-0.2, -0.15) is 0 Å². The van der Waals surface area contributed by atoms with E-state index in [1.165, 1.54) is 12.1 Å². The lowest BCUT2D eigenvalue weighted by Crippen LogP contribution is -2.49. The monoisotopic (exact) mass is 445 g/mol. The molecule has 1 N–H and O–H groups in total. The molecular formula is C23H32FN5OS. The molecule has 0 saturated carbocycles. The first-order chi connectivity index (χ1) is 15.1. The van der Waals surface area contributed by atoms with Crippen LogP contribution < -0.4 is 10.2 Å². The number of anilines is 1. The van der Waals surface area contributed by atoms with Gasteiger partial charge in [-0.3, -0.25) is 14.6 Å². The number of aromatic nitrogens is 1. The first-order valence-electron chi connectivity index (χ1n) is 11.2. The van der Waals surface area contributed by atoms with Gasteiger partial charge in [0.15, 0.2) is 0 Å². The largest absolute Gasteiger partial charge is 0.369 e. The van der Waals surface area contributed by atoms with Gasteiger partial charge in [0.2, 0.25) is 5.91 Å². The number of piperazine rings is 1. The number of amides is 1. The van der Waals surface area contributed by atoms with Crippen LogP contribution in [0, 0.1) is 18.7 Å². The second-order valence-corrected chi connectivity index (χ2v) is 9.57. The summed E-state index contributed by atoms with van der Waals surface area (Å²) in [7, 11) is 0. The molecule has 2 saturated heterocycles. The van der Waals surface area contributed by atoms with Crippen molar-refractivity contribution in [3.8, 4) is 0 Å². The molecule has 3 heterocycles. The zero-order valence-corrected chi connectivity index (χ0v) is 19.0. The summed E-state index contributed by atoms with van der Waals surface area (Å²) in [4.78, 5) is 24.2. The molecule has 4 rings (SSSR count). The zero-order chi connectivity index (χ0) is 21.6. The van der Waals surface area contributed by atoms with E-state index in [0.29, 0.717) is 6.54 Å². The number of rotatable bonds is 7. The van der Waals surface area contributed by atoms with E-state index in [1.54, 1.807) is 11.3 Å². The van der Waals surface area contributed by atoms with Gasteiger partial charge >= 0.3 is 0 Å². The average molecular weight is 446 g/mol. The Balaban J connectivity index is 1.11. The number of carbonyl (C=O) groups excluding carboxylic acids is 1. The van der Waals surface area contributed by atoms with Crippen LogP contribution >= 0.6 is 11.3 Å². The van der Waals surface area contributed by atoms with Crippen molar-refractivity contribution in [1.29, 1.82) is 0 Å². The van der Waals surface area contributed by atoms with Crippen LogP contribution in [0.3, 0.4) is 0 Å². The fraction of sp³-hybridized carbons (Fsp3) is 0.565. The van der Waals surface area contributed by atoms with Crippen LogP contribution in [-0.2, 0) is 11.3 Å². The first-order valence-corrected chi connectivity index (χ1v) is 12.1. The van der Waals surface area contributed by atoms with E-state index in [-0.39, 0.29) is 17.6 Å². The van der Waals surface area contributed by atoms with Crippen LogP contribution in [-0.4, -0.2) is 73.0 Å². The predicted octanol–water partition coefficient (Wildman–Crippen LogP) is 2.74. The smallest absolute Gasteiger partial charge is 0.223 e. The summed E-state index contributed by atoms with van der Waals surface area (Å²) >= 11 is 1.70. The summed E-state index contributed by atoms with van der Waals surface area (Å²) < 4.78 is 13.1. The molecule has 0 radical (unpaired) electrons. The second-order valence-electron chi connectivity index (χ2n) is 8.50. The summed E-state index contributed by atoms with van der Waals surface area (Å²) in [5.74, 6) is 0.135. The quantitative estimate of drug-likeness (QED) is 0.710. The lowest BCUT2D eigenvalue weighted by molar-refractivity contribution is -0.126. The van der Waals surface area contributed by atoms with Gasteiger partial charge in [0, 0.05) is 62.8 Å². The minimum absolute atomic E-state index is 0.128. The topological polar surface area (TPSA) is 51.7 Å². The summed E-state index contributed by atoms with van der Waals surface area (Å²) in [6.07, 6.45) is 1.84. The number of hydrogen-bond acceptors (Lipinski definition) is 6. The lowest BCUT2D eigenvalue weighted by atomic mass is 9.96. The molecule has 1 amide bonds. The molecule has 0 aliphatic carbocycles. The average Bonchev–Trinajstić information content (AvgIpc) is 3.20. The highest BCUT2D eigenvalue weighted by atomic mass is 32.1. The van der Waals surface area contributed by atoms with Crippen molar-refractivity contribution < 1.29 is 9.18 Å². The van der Waals surface area contributed by atoms with Crippen LogP contribution in [0.2, 0.25) is 0 Å². The van der Waals surface area contributed by atoms with E-state index >= 15 is 0 Å². The third kappa shape index (κ3) is 6.24. The van der Waals surface area contributed by atoms with Crippen molar-refractivity contribution in [2.24, 2.45) is 5.92 Å². The Morgan fingerprint density at radius 1 is 1.10 bits per heavy atom. The Labute approximate surface area is 188 Å². The molecular weight excluding hydrogens is 413 g/mol. The van der Waals surface area contributed by atoms with Gasteiger partial charge in [-0.15, -0.1) is 11.3 Å². The van der Waals surface area contributed by atoms with Crippen molar-refractivity contribution in [3.05, 3.63) is 46.2 Å². The predicted molar refractivity (Wildman–Crippen MR) is 123 cm³/mol. The number of benzene rings is 1.